The van der Waals surface area contributed by atoms with Gasteiger partial charge in [0.2, 0.25) is 11.8 Å². The van der Waals surface area contributed by atoms with Crippen LogP contribution in [-0.2, 0) is 9.59 Å². The summed E-state index contributed by atoms with van der Waals surface area (Å²) in [6.07, 6.45) is 1.98. The second kappa shape index (κ2) is 8.30. The van der Waals surface area contributed by atoms with E-state index in [4.69, 9.17) is 11.6 Å². The Bertz CT molecular complexity index is 725. The predicted molar refractivity (Wildman–Crippen MR) is 103 cm³/mol. The molecule has 0 radical (unpaired) electrons. The van der Waals surface area contributed by atoms with Crippen molar-refractivity contribution < 1.29 is 14.4 Å². The van der Waals surface area contributed by atoms with E-state index in [1.54, 1.807) is 29.2 Å². The van der Waals surface area contributed by atoms with Gasteiger partial charge in [0.25, 0.3) is 5.91 Å². The normalized spacial score (nSPS) is 18.4. The number of nitrogens with zero attached hydrogens (tertiary/aromatic N) is 2. The number of hydrogen-bond donors (Lipinski definition) is 1. The molecule has 1 aliphatic heterocycles. The van der Waals surface area contributed by atoms with Gasteiger partial charge in [-0.05, 0) is 30.9 Å². The molecule has 1 aliphatic carbocycles. The van der Waals surface area contributed by atoms with Crippen molar-refractivity contribution in [1.82, 2.24) is 15.1 Å². The highest BCUT2D eigenvalue weighted by Gasteiger charge is 2.36. The molecule has 1 atom stereocenters. The largest absolute Gasteiger partial charge is 0.340 e. The molecule has 1 saturated carbocycles. The molecule has 146 valence electrons. The van der Waals surface area contributed by atoms with Crippen molar-refractivity contribution in [3.8, 4) is 0 Å². The molecule has 3 rings (SSSR count). The van der Waals surface area contributed by atoms with Crippen LogP contribution in [0.1, 0.15) is 37.0 Å². The first-order valence-electron chi connectivity index (χ1n) is 9.51. The second-order valence-corrected chi connectivity index (χ2v) is 8.01. The van der Waals surface area contributed by atoms with E-state index in [2.05, 4.69) is 5.32 Å². The lowest BCUT2D eigenvalue weighted by molar-refractivity contribution is -0.141. The topological polar surface area (TPSA) is 69.7 Å². The number of amides is 3. The van der Waals surface area contributed by atoms with Gasteiger partial charge in [0.15, 0.2) is 0 Å². The zero-order valence-corrected chi connectivity index (χ0v) is 16.5. The fourth-order valence-electron chi connectivity index (χ4n) is 3.31. The molecule has 1 heterocycles. The SMILES string of the molecule is CC(C)C(NC(=O)c1ccccc1Cl)C(=O)N1CCN(C(=O)C2CC2)CC1. The number of nitrogens with one attached hydrogen (secondary N) is 1. The highest BCUT2D eigenvalue weighted by Crippen LogP contribution is 2.31. The van der Waals surface area contributed by atoms with Crippen molar-refractivity contribution in [2.45, 2.75) is 32.7 Å². The quantitative estimate of drug-likeness (QED) is 0.836. The number of hydrogen-bond acceptors (Lipinski definition) is 3. The summed E-state index contributed by atoms with van der Waals surface area (Å²) in [4.78, 5) is 41.3. The van der Waals surface area contributed by atoms with E-state index >= 15 is 0 Å². The van der Waals surface area contributed by atoms with E-state index in [0.29, 0.717) is 36.8 Å². The van der Waals surface area contributed by atoms with Gasteiger partial charge >= 0.3 is 0 Å². The average molecular weight is 392 g/mol. The number of piperazine rings is 1. The van der Waals surface area contributed by atoms with Gasteiger partial charge in [-0.1, -0.05) is 37.6 Å². The highest BCUT2D eigenvalue weighted by molar-refractivity contribution is 6.33. The summed E-state index contributed by atoms with van der Waals surface area (Å²) in [6, 6.07) is 6.16. The monoisotopic (exact) mass is 391 g/mol. The van der Waals surface area contributed by atoms with E-state index in [0.717, 1.165) is 12.8 Å². The van der Waals surface area contributed by atoms with Crippen molar-refractivity contribution in [3.63, 3.8) is 0 Å². The smallest absolute Gasteiger partial charge is 0.253 e. The summed E-state index contributed by atoms with van der Waals surface area (Å²) in [5.41, 5.74) is 0.359. The van der Waals surface area contributed by atoms with Crippen LogP contribution in [0.2, 0.25) is 5.02 Å². The summed E-state index contributed by atoms with van der Waals surface area (Å²) in [5.74, 6) is -0.103. The molecule has 7 heteroatoms. The molecule has 0 aromatic heterocycles. The summed E-state index contributed by atoms with van der Waals surface area (Å²) < 4.78 is 0. The Morgan fingerprint density at radius 3 is 2.19 bits per heavy atom. The summed E-state index contributed by atoms with van der Waals surface area (Å²) in [6.45, 7) is 5.93. The Hall–Kier alpha value is -2.08. The van der Waals surface area contributed by atoms with Crippen LogP contribution >= 0.6 is 11.6 Å². The van der Waals surface area contributed by atoms with Crippen LogP contribution in [0.5, 0.6) is 0 Å². The number of rotatable bonds is 5. The average Bonchev–Trinajstić information content (AvgIpc) is 3.50. The van der Waals surface area contributed by atoms with Crippen LogP contribution < -0.4 is 5.32 Å². The van der Waals surface area contributed by atoms with Crippen molar-refractivity contribution in [2.24, 2.45) is 11.8 Å². The maximum atomic E-state index is 13.0. The summed E-state index contributed by atoms with van der Waals surface area (Å²) in [5, 5.41) is 3.20. The Morgan fingerprint density at radius 2 is 1.63 bits per heavy atom. The molecular weight excluding hydrogens is 366 g/mol. The van der Waals surface area contributed by atoms with Crippen molar-refractivity contribution in [3.05, 3.63) is 34.9 Å². The number of benzene rings is 1. The van der Waals surface area contributed by atoms with Crippen LogP contribution in [0.25, 0.3) is 0 Å². The molecule has 1 aromatic carbocycles. The Kier molecular flexibility index (Phi) is 6.05. The van der Waals surface area contributed by atoms with Gasteiger partial charge in [-0.3, -0.25) is 14.4 Å². The molecule has 2 aliphatic rings. The fraction of sp³-hybridized carbons (Fsp3) is 0.550. The lowest BCUT2D eigenvalue weighted by Gasteiger charge is -2.37. The van der Waals surface area contributed by atoms with Crippen LogP contribution in [0.3, 0.4) is 0 Å². The minimum atomic E-state index is -0.626. The Balaban J connectivity index is 1.61. The standard InChI is InChI=1S/C20H26ClN3O3/c1-13(2)17(22-18(25)15-5-3-4-6-16(15)21)20(27)24-11-9-23(10-12-24)19(26)14-7-8-14/h3-6,13-14,17H,7-12H2,1-2H3,(H,22,25). The number of carbonyl (C=O) groups excluding carboxylic acids is 3. The third kappa shape index (κ3) is 4.61. The first-order valence-corrected chi connectivity index (χ1v) is 9.89. The van der Waals surface area contributed by atoms with Gasteiger partial charge in [-0.15, -0.1) is 0 Å². The van der Waals surface area contributed by atoms with Crippen LogP contribution in [0, 0.1) is 11.8 Å². The maximum Gasteiger partial charge on any atom is 0.253 e. The van der Waals surface area contributed by atoms with Gasteiger partial charge < -0.3 is 15.1 Å². The Labute approximate surface area is 164 Å². The van der Waals surface area contributed by atoms with E-state index in [-0.39, 0.29) is 29.6 Å². The number of halogens is 1. The van der Waals surface area contributed by atoms with Gasteiger partial charge in [0.1, 0.15) is 6.04 Å². The van der Waals surface area contributed by atoms with Gasteiger partial charge in [-0.25, -0.2) is 0 Å². The molecule has 27 heavy (non-hydrogen) atoms. The minimum absolute atomic E-state index is 0.0601. The Morgan fingerprint density at radius 1 is 1.04 bits per heavy atom. The van der Waals surface area contributed by atoms with Crippen molar-refractivity contribution >= 4 is 29.3 Å². The fourth-order valence-corrected chi connectivity index (χ4v) is 3.53. The third-order valence-electron chi connectivity index (χ3n) is 5.17. The molecule has 0 bridgehead atoms. The maximum absolute atomic E-state index is 13.0. The minimum Gasteiger partial charge on any atom is -0.340 e. The highest BCUT2D eigenvalue weighted by atomic mass is 35.5. The second-order valence-electron chi connectivity index (χ2n) is 7.60. The van der Waals surface area contributed by atoms with Gasteiger partial charge in [0, 0.05) is 32.1 Å². The molecular formula is C20H26ClN3O3. The first kappa shape index (κ1) is 19.7. The summed E-state index contributed by atoms with van der Waals surface area (Å²) in [7, 11) is 0. The lowest BCUT2D eigenvalue weighted by Crippen LogP contribution is -2.57. The van der Waals surface area contributed by atoms with Crippen molar-refractivity contribution in [1.29, 1.82) is 0 Å². The molecule has 6 nitrogen and oxygen atoms in total. The summed E-state index contributed by atoms with van der Waals surface area (Å²) >= 11 is 6.09. The van der Waals surface area contributed by atoms with Crippen LogP contribution in [0.4, 0.5) is 0 Å². The number of carbonyl (C=O) groups is 3. The van der Waals surface area contributed by atoms with E-state index in [9.17, 15) is 14.4 Å². The first-order chi connectivity index (χ1) is 12.9. The van der Waals surface area contributed by atoms with Gasteiger partial charge in [-0.2, -0.15) is 0 Å². The van der Waals surface area contributed by atoms with E-state index in [1.807, 2.05) is 18.7 Å². The molecule has 1 N–H and O–H groups in total. The van der Waals surface area contributed by atoms with E-state index < -0.39 is 6.04 Å². The zero-order chi connectivity index (χ0) is 19.6. The van der Waals surface area contributed by atoms with E-state index in [1.165, 1.54) is 0 Å². The van der Waals surface area contributed by atoms with Crippen LogP contribution in [0.15, 0.2) is 24.3 Å². The zero-order valence-electron chi connectivity index (χ0n) is 15.8. The molecule has 1 saturated heterocycles. The molecule has 3 amide bonds. The van der Waals surface area contributed by atoms with Crippen LogP contribution in [-0.4, -0.2) is 59.7 Å². The van der Waals surface area contributed by atoms with Crippen molar-refractivity contribution in [2.75, 3.05) is 26.2 Å². The van der Waals surface area contributed by atoms with Gasteiger partial charge in [0.05, 0.1) is 10.6 Å². The third-order valence-corrected chi connectivity index (χ3v) is 5.50. The molecule has 2 fully saturated rings. The predicted octanol–water partition coefficient (Wildman–Crippen LogP) is 2.18. The molecule has 1 unspecified atom stereocenters. The lowest BCUT2D eigenvalue weighted by atomic mass is 10.0. The molecule has 0 spiro atoms. The molecule has 1 aromatic rings.